The van der Waals surface area contributed by atoms with Crippen molar-refractivity contribution in [2.24, 2.45) is 0 Å². The number of anilines is 2. The van der Waals surface area contributed by atoms with E-state index >= 15 is 0 Å². The van der Waals surface area contributed by atoms with Crippen LogP contribution in [0.5, 0.6) is 0 Å². The highest BCUT2D eigenvalue weighted by Gasteiger charge is 2.06. The molecule has 2 heterocycles. The van der Waals surface area contributed by atoms with E-state index in [0.29, 0.717) is 0 Å². The number of unbranched alkanes of at least 4 members (excludes halogenated alkanes) is 3. The molecule has 0 N–H and O–H groups in total. The minimum Gasteiger partial charge on any atom is -0.363 e. The molecule has 0 spiro atoms. The summed E-state index contributed by atoms with van der Waals surface area (Å²) in [5.41, 5.74) is 2.04. The monoisotopic (exact) mass is 420 g/mol. The van der Waals surface area contributed by atoms with Crippen LogP contribution in [-0.2, 0) is 0 Å². The maximum absolute atomic E-state index is 4.60. The molecule has 0 bridgehead atoms. The van der Waals surface area contributed by atoms with E-state index in [4.69, 9.17) is 0 Å². The molecule has 8 heteroatoms. The lowest BCUT2D eigenvalue weighted by Crippen LogP contribution is -2.12. The van der Waals surface area contributed by atoms with Gasteiger partial charge in [0.1, 0.15) is 11.6 Å². The lowest BCUT2D eigenvalue weighted by Gasteiger charge is -2.13. The summed E-state index contributed by atoms with van der Waals surface area (Å²) in [4.78, 5) is 22.3. The molecule has 2 aromatic heterocycles. The standard InChI is InChI=1S/C20H32N6S2/c1-15-13-17(25(3)4)23-19(21-15)27-11-9-7-8-10-12-28-20-22-16(2)14-18(24-20)26(5)6/h13-14H,7-12H2,1-6H3. The smallest absolute Gasteiger partial charge is 0.189 e. The molecule has 154 valence electrons. The van der Waals surface area contributed by atoms with Gasteiger partial charge in [0, 0.05) is 63.2 Å². The largest absolute Gasteiger partial charge is 0.363 e. The Morgan fingerprint density at radius 2 is 1.04 bits per heavy atom. The lowest BCUT2D eigenvalue weighted by molar-refractivity contribution is 0.709. The van der Waals surface area contributed by atoms with Gasteiger partial charge < -0.3 is 9.80 Å². The van der Waals surface area contributed by atoms with Crippen LogP contribution in [0.4, 0.5) is 11.6 Å². The summed E-state index contributed by atoms with van der Waals surface area (Å²) in [7, 11) is 8.05. The predicted molar refractivity (Wildman–Crippen MR) is 122 cm³/mol. The van der Waals surface area contributed by atoms with Crippen molar-refractivity contribution in [3.8, 4) is 0 Å². The Morgan fingerprint density at radius 3 is 1.39 bits per heavy atom. The quantitative estimate of drug-likeness (QED) is 0.300. The number of nitrogens with zero attached hydrogens (tertiary/aromatic N) is 6. The molecule has 0 amide bonds. The van der Waals surface area contributed by atoms with Crippen LogP contribution in [0.2, 0.25) is 0 Å². The van der Waals surface area contributed by atoms with Crippen LogP contribution in [-0.4, -0.2) is 59.6 Å². The third-order valence-electron chi connectivity index (χ3n) is 4.06. The molecule has 0 radical (unpaired) electrons. The molecule has 0 fully saturated rings. The third kappa shape index (κ3) is 7.83. The van der Waals surface area contributed by atoms with Crippen molar-refractivity contribution in [1.82, 2.24) is 19.9 Å². The molecule has 0 aromatic carbocycles. The van der Waals surface area contributed by atoms with Crippen LogP contribution in [0.3, 0.4) is 0 Å². The maximum Gasteiger partial charge on any atom is 0.189 e. The van der Waals surface area contributed by atoms with E-state index in [1.165, 1.54) is 25.7 Å². The van der Waals surface area contributed by atoms with Crippen molar-refractivity contribution >= 4 is 35.2 Å². The second-order valence-electron chi connectivity index (χ2n) is 7.20. The summed E-state index contributed by atoms with van der Waals surface area (Å²) in [5, 5.41) is 1.76. The van der Waals surface area contributed by atoms with Gasteiger partial charge in [-0.15, -0.1) is 0 Å². The van der Waals surface area contributed by atoms with Gasteiger partial charge in [0.15, 0.2) is 10.3 Å². The average molecular weight is 421 g/mol. The number of aryl methyl sites for hydroxylation is 2. The van der Waals surface area contributed by atoms with E-state index < -0.39 is 0 Å². The van der Waals surface area contributed by atoms with Crippen molar-refractivity contribution in [3.63, 3.8) is 0 Å². The minimum atomic E-state index is 0.882. The number of thioether (sulfide) groups is 2. The summed E-state index contributed by atoms with van der Waals surface area (Å²) in [6.45, 7) is 4.05. The molecule has 0 aliphatic carbocycles. The first-order valence-corrected chi connectivity index (χ1v) is 11.6. The normalized spacial score (nSPS) is 10.9. The molecule has 0 saturated carbocycles. The summed E-state index contributed by atoms with van der Waals surface area (Å²) in [6.07, 6.45) is 4.85. The zero-order valence-corrected chi connectivity index (χ0v) is 19.5. The molecule has 28 heavy (non-hydrogen) atoms. The van der Waals surface area contributed by atoms with Gasteiger partial charge in [-0.3, -0.25) is 0 Å². The van der Waals surface area contributed by atoms with Gasteiger partial charge in [0.05, 0.1) is 0 Å². The molecular formula is C20H32N6S2. The van der Waals surface area contributed by atoms with Gasteiger partial charge in [-0.2, -0.15) is 0 Å². The predicted octanol–water partition coefficient (Wildman–Crippen LogP) is 4.46. The fourth-order valence-corrected chi connectivity index (χ4v) is 4.32. The van der Waals surface area contributed by atoms with E-state index in [1.54, 1.807) is 23.5 Å². The number of aromatic nitrogens is 4. The van der Waals surface area contributed by atoms with Crippen molar-refractivity contribution < 1.29 is 0 Å². The Bertz CT molecular complexity index is 688. The number of hydrogen-bond donors (Lipinski definition) is 0. The van der Waals surface area contributed by atoms with Crippen LogP contribution in [0.1, 0.15) is 37.1 Å². The minimum absolute atomic E-state index is 0.882. The van der Waals surface area contributed by atoms with Crippen molar-refractivity contribution in [1.29, 1.82) is 0 Å². The highest BCUT2D eigenvalue weighted by atomic mass is 32.2. The van der Waals surface area contributed by atoms with Gasteiger partial charge in [0.25, 0.3) is 0 Å². The summed E-state index contributed by atoms with van der Waals surface area (Å²) < 4.78 is 0. The van der Waals surface area contributed by atoms with E-state index in [2.05, 4.69) is 19.9 Å². The van der Waals surface area contributed by atoms with E-state index in [0.717, 1.165) is 44.8 Å². The second-order valence-corrected chi connectivity index (χ2v) is 9.32. The van der Waals surface area contributed by atoms with Gasteiger partial charge >= 0.3 is 0 Å². The first-order valence-electron chi connectivity index (χ1n) is 9.67. The first kappa shape index (κ1) is 22.7. The zero-order valence-electron chi connectivity index (χ0n) is 17.9. The van der Waals surface area contributed by atoms with Crippen LogP contribution >= 0.6 is 23.5 Å². The van der Waals surface area contributed by atoms with Crippen LogP contribution in [0.25, 0.3) is 0 Å². The third-order valence-corrected chi connectivity index (χ3v) is 5.92. The number of hydrogen-bond acceptors (Lipinski definition) is 8. The highest BCUT2D eigenvalue weighted by Crippen LogP contribution is 2.21. The van der Waals surface area contributed by atoms with Crippen LogP contribution in [0, 0.1) is 13.8 Å². The SMILES string of the molecule is Cc1cc(N(C)C)nc(SCCCCCCSc2nc(C)cc(N(C)C)n2)n1. The second kappa shape index (κ2) is 11.5. The highest BCUT2D eigenvalue weighted by molar-refractivity contribution is 7.99. The van der Waals surface area contributed by atoms with Gasteiger partial charge in [-0.05, 0) is 26.7 Å². The Hall–Kier alpha value is -1.54. The fraction of sp³-hybridized carbons (Fsp3) is 0.600. The van der Waals surface area contributed by atoms with E-state index in [9.17, 15) is 0 Å². The van der Waals surface area contributed by atoms with Crippen molar-refractivity contribution in [3.05, 3.63) is 23.5 Å². The average Bonchev–Trinajstić information content (AvgIpc) is 2.63. The summed E-state index contributed by atoms with van der Waals surface area (Å²) in [5.74, 6) is 4.08. The van der Waals surface area contributed by atoms with Crippen LogP contribution in [0.15, 0.2) is 22.4 Å². The molecule has 6 nitrogen and oxygen atoms in total. The van der Waals surface area contributed by atoms with Crippen molar-refractivity contribution in [2.75, 3.05) is 49.5 Å². The van der Waals surface area contributed by atoms with Crippen LogP contribution < -0.4 is 9.80 Å². The lowest BCUT2D eigenvalue weighted by atomic mass is 10.2. The van der Waals surface area contributed by atoms with Gasteiger partial charge in [-0.25, -0.2) is 19.9 Å². The Kier molecular flexibility index (Phi) is 9.31. The Morgan fingerprint density at radius 1 is 0.643 bits per heavy atom. The van der Waals surface area contributed by atoms with E-state index in [1.807, 2.05) is 64.0 Å². The molecule has 0 unspecified atom stereocenters. The molecule has 0 aliphatic heterocycles. The maximum atomic E-state index is 4.60. The zero-order chi connectivity index (χ0) is 20.5. The van der Waals surface area contributed by atoms with Gasteiger partial charge in [-0.1, -0.05) is 36.4 Å². The summed E-state index contributed by atoms with van der Waals surface area (Å²) >= 11 is 3.51. The molecule has 0 aliphatic rings. The number of rotatable bonds is 11. The molecule has 0 saturated heterocycles. The Balaban J connectivity index is 1.63. The topological polar surface area (TPSA) is 58.0 Å². The molecular weight excluding hydrogens is 388 g/mol. The Labute approximate surface area is 178 Å². The molecule has 0 atom stereocenters. The summed E-state index contributed by atoms with van der Waals surface area (Å²) in [6, 6.07) is 4.03. The molecule has 2 rings (SSSR count). The first-order chi connectivity index (χ1) is 13.3. The van der Waals surface area contributed by atoms with Gasteiger partial charge in [0.2, 0.25) is 0 Å². The van der Waals surface area contributed by atoms with E-state index in [-0.39, 0.29) is 0 Å². The van der Waals surface area contributed by atoms with Crippen molar-refractivity contribution in [2.45, 2.75) is 49.8 Å². The molecule has 2 aromatic rings. The fourth-order valence-electron chi connectivity index (χ4n) is 2.52.